The molecule has 3 aromatic carbocycles. The summed E-state index contributed by atoms with van der Waals surface area (Å²) >= 11 is 6.27. The maximum absolute atomic E-state index is 13.7. The molecule has 1 aliphatic heterocycles. The number of hydrogen-bond acceptors (Lipinski definition) is 3. The van der Waals surface area contributed by atoms with E-state index in [1.807, 2.05) is 12.1 Å². The monoisotopic (exact) mass is 450 g/mol. The molecule has 0 saturated carbocycles. The number of amides is 1. The first-order valence-electron chi connectivity index (χ1n) is 9.53. The van der Waals surface area contributed by atoms with Crippen LogP contribution in [0, 0.1) is 0 Å². The van der Waals surface area contributed by atoms with Crippen molar-refractivity contribution in [2.75, 3.05) is 16.2 Å². The molecule has 1 N–H and O–H groups in total. The summed E-state index contributed by atoms with van der Waals surface area (Å²) in [6, 6.07) is 22.6. The van der Waals surface area contributed by atoms with Gasteiger partial charge < -0.3 is 5.32 Å². The Hall–Kier alpha value is -3.35. The van der Waals surface area contributed by atoms with E-state index in [1.54, 1.807) is 66.7 Å². The van der Waals surface area contributed by atoms with E-state index < -0.39 is 15.9 Å². The molecule has 0 aromatic heterocycles. The molecule has 0 unspecified atom stereocenters. The van der Waals surface area contributed by atoms with Crippen LogP contribution in [0.15, 0.2) is 96.4 Å². The van der Waals surface area contributed by atoms with Gasteiger partial charge in [-0.2, -0.15) is 0 Å². The molecule has 3 aromatic rings. The van der Waals surface area contributed by atoms with Gasteiger partial charge in [-0.1, -0.05) is 66.2 Å². The second kappa shape index (κ2) is 8.41. The first kappa shape index (κ1) is 20.9. The minimum atomic E-state index is -4.18. The molecular weight excluding hydrogens is 432 g/mol. The number of benzene rings is 3. The topological polar surface area (TPSA) is 66.5 Å². The van der Waals surface area contributed by atoms with Crippen molar-refractivity contribution in [2.45, 2.75) is 0 Å². The van der Waals surface area contributed by atoms with Crippen molar-refractivity contribution >= 4 is 44.5 Å². The molecule has 1 heterocycles. The van der Waals surface area contributed by atoms with Crippen molar-refractivity contribution in [2.24, 2.45) is 0 Å². The number of anilines is 2. The summed E-state index contributed by atoms with van der Waals surface area (Å²) in [5.41, 5.74) is 2.42. The Balaban J connectivity index is 2.02. The van der Waals surface area contributed by atoms with Crippen LogP contribution < -0.4 is 9.62 Å². The number of nitrogens with one attached hydrogen (secondary N) is 1. The van der Waals surface area contributed by atoms with Crippen LogP contribution in [0.4, 0.5) is 11.4 Å². The maximum Gasteiger partial charge on any atom is 0.270 e. The van der Waals surface area contributed by atoms with Crippen LogP contribution in [0.3, 0.4) is 0 Å². The Morgan fingerprint density at radius 3 is 2.29 bits per heavy atom. The molecule has 156 valence electrons. The SMILES string of the molecule is C=CCN1c2ccc(Cl)cc2C(c2ccccc2)=C(C(=O)Nc2ccccc2)S1(=O)=O. The average Bonchev–Trinajstić information content (AvgIpc) is 2.76. The number of fused-ring (bicyclic) bond motifs is 1. The Labute approximate surface area is 186 Å². The summed E-state index contributed by atoms with van der Waals surface area (Å²) in [4.78, 5) is 13.0. The largest absolute Gasteiger partial charge is 0.321 e. The van der Waals surface area contributed by atoms with E-state index in [1.165, 1.54) is 10.4 Å². The lowest BCUT2D eigenvalue weighted by Crippen LogP contribution is -2.39. The fourth-order valence-corrected chi connectivity index (χ4v) is 5.45. The Bertz CT molecular complexity index is 1290. The number of sulfonamides is 1. The third kappa shape index (κ3) is 3.87. The zero-order valence-electron chi connectivity index (χ0n) is 16.5. The Kier molecular flexibility index (Phi) is 5.67. The maximum atomic E-state index is 13.7. The van der Waals surface area contributed by atoms with Crippen molar-refractivity contribution in [1.82, 2.24) is 0 Å². The molecule has 0 bridgehead atoms. The van der Waals surface area contributed by atoms with E-state index in [4.69, 9.17) is 11.6 Å². The van der Waals surface area contributed by atoms with Gasteiger partial charge >= 0.3 is 0 Å². The van der Waals surface area contributed by atoms with Gasteiger partial charge in [0, 0.05) is 21.8 Å². The van der Waals surface area contributed by atoms with Gasteiger partial charge in [-0.25, -0.2) is 8.42 Å². The van der Waals surface area contributed by atoms with Crippen LogP contribution in [0.2, 0.25) is 5.02 Å². The molecule has 31 heavy (non-hydrogen) atoms. The molecule has 0 aliphatic carbocycles. The van der Waals surface area contributed by atoms with Gasteiger partial charge in [-0.15, -0.1) is 6.58 Å². The van der Waals surface area contributed by atoms with Gasteiger partial charge in [0.05, 0.1) is 12.2 Å². The summed E-state index contributed by atoms with van der Waals surface area (Å²) in [6.45, 7) is 3.69. The van der Waals surface area contributed by atoms with Gasteiger partial charge in [0.25, 0.3) is 15.9 Å². The molecular formula is C24H19ClN2O3S. The lowest BCUT2D eigenvalue weighted by molar-refractivity contribution is -0.112. The third-order valence-corrected chi connectivity index (χ3v) is 6.93. The Morgan fingerprint density at radius 2 is 1.65 bits per heavy atom. The smallest absolute Gasteiger partial charge is 0.270 e. The summed E-state index contributed by atoms with van der Waals surface area (Å²) in [7, 11) is -4.18. The molecule has 5 nitrogen and oxygen atoms in total. The molecule has 4 rings (SSSR count). The van der Waals surface area contributed by atoms with Crippen LogP contribution in [-0.2, 0) is 14.8 Å². The predicted octanol–water partition coefficient (Wildman–Crippen LogP) is 5.07. The highest BCUT2D eigenvalue weighted by Crippen LogP contribution is 2.44. The second-order valence-corrected chi connectivity index (χ2v) is 9.11. The lowest BCUT2D eigenvalue weighted by atomic mass is 9.95. The molecule has 7 heteroatoms. The van der Waals surface area contributed by atoms with Crippen LogP contribution in [-0.4, -0.2) is 20.9 Å². The molecule has 0 spiro atoms. The number of rotatable bonds is 5. The lowest BCUT2D eigenvalue weighted by Gasteiger charge is -2.33. The van der Waals surface area contributed by atoms with Crippen LogP contribution >= 0.6 is 11.6 Å². The van der Waals surface area contributed by atoms with Crippen molar-refractivity contribution in [1.29, 1.82) is 0 Å². The zero-order valence-corrected chi connectivity index (χ0v) is 18.0. The molecule has 0 radical (unpaired) electrons. The summed E-state index contributed by atoms with van der Waals surface area (Å²) in [5, 5.41) is 3.15. The first-order chi connectivity index (χ1) is 14.9. The van der Waals surface area contributed by atoms with Gasteiger partial charge in [0.1, 0.15) is 0 Å². The molecule has 0 saturated heterocycles. The molecule has 1 aliphatic rings. The highest BCUT2D eigenvalue weighted by atomic mass is 35.5. The van der Waals surface area contributed by atoms with E-state index >= 15 is 0 Å². The second-order valence-electron chi connectivity index (χ2n) is 6.88. The van der Waals surface area contributed by atoms with Crippen molar-refractivity contribution in [3.05, 3.63) is 113 Å². The van der Waals surface area contributed by atoms with E-state index in [0.29, 0.717) is 33.1 Å². The number of carbonyl (C=O) groups is 1. The van der Waals surface area contributed by atoms with Crippen molar-refractivity contribution in [3.63, 3.8) is 0 Å². The standard InChI is InChI=1S/C24H19ClN2O3S/c1-2-15-27-21-14-13-18(25)16-20(21)22(17-9-5-3-6-10-17)23(31(27,29)30)24(28)26-19-11-7-4-8-12-19/h2-14,16H,1,15H2,(H,26,28). The van der Waals surface area contributed by atoms with E-state index in [-0.39, 0.29) is 11.4 Å². The molecule has 1 amide bonds. The van der Waals surface area contributed by atoms with Crippen LogP contribution in [0.1, 0.15) is 11.1 Å². The number of nitrogens with zero attached hydrogens (tertiary/aromatic N) is 1. The first-order valence-corrected chi connectivity index (χ1v) is 11.3. The molecule has 0 fully saturated rings. The van der Waals surface area contributed by atoms with E-state index in [0.717, 1.165) is 0 Å². The summed E-state index contributed by atoms with van der Waals surface area (Å²) < 4.78 is 28.6. The van der Waals surface area contributed by atoms with Gasteiger partial charge in [0.2, 0.25) is 0 Å². The predicted molar refractivity (Wildman–Crippen MR) is 125 cm³/mol. The number of hydrogen-bond donors (Lipinski definition) is 1. The van der Waals surface area contributed by atoms with E-state index in [9.17, 15) is 13.2 Å². The van der Waals surface area contributed by atoms with Gasteiger partial charge in [-0.05, 0) is 35.9 Å². The average molecular weight is 451 g/mol. The van der Waals surface area contributed by atoms with Crippen LogP contribution in [0.25, 0.3) is 5.57 Å². The zero-order chi connectivity index (χ0) is 22.0. The minimum absolute atomic E-state index is 0.0150. The number of carbonyl (C=O) groups excluding carboxylic acids is 1. The fraction of sp³-hybridized carbons (Fsp3) is 0.0417. The Morgan fingerprint density at radius 1 is 1.00 bits per heavy atom. The third-order valence-electron chi connectivity index (χ3n) is 4.87. The number of halogens is 1. The highest BCUT2D eigenvalue weighted by molar-refractivity contribution is 7.97. The highest BCUT2D eigenvalue weighted by Gasteiger charge is 2.41. The normalized spacial score (nSPS) is 14.7. The minimum Gasteiger partial charge on any atom is -0.321 e. The van der Waals surface area contributed by atoms with Gasteiger partial charge in [-0.3, -0.25) is 9.10 Å². The quantitative estimate of drug-likeness (QED) is 0.551. The molecule has 0 atom stereocenters. The van der Waals surface area contributed by atoms with Crippen LogP contribution in [0.5, 0.6) is 0 Å². The van der Waals surface area contributed by atoms with E-state index in [2.05, 4.69) is 11.9 Å². The van der Waals surface area contributed by atoms with Crippen molar-refractivity contribution < 1.29 is 13.2 Å². The summed E-state index contributed by atoms with van der Waals surface area (Å²) in [6.07, 6.45) is 1.48. The van der Waals surface area contributed by atoms with Crippen molar-refractivity contribution in [3.8, 4) is 0 Å². The summed E-state index contributed by atoms with van der Waals surface area (Å²) in [5.74, 6) is -0.718. The number of para-hydroxylation sites is 1. The fourth-order valence-electron chi connectivity index (χ4n) is 3.56. The van der Waals surface area contributed by atoms with Gasteiger partial charge in [0.15, 0.2) is 4.91 Å².